The van der Waals surface area contributed by atoms with E-state index in [0.29, 0.717) is 6.42 Å². The first-order chi connectivity index (χ1) is 13.6. The van der Waals surface area contributed by atoms with E-state index in [1.54, 1.807) is 0 Å². The van der Waals surface area contributed by atoms with E-state index in [1.807, 2.05) is 60.7 Å². The number of nitrogens with one attached hydrogen (secondary N) is 1. The van der Waals surface area contributed by atoms with E-state index in [1.165, 1.54) is 24.3 Å². The fraction of sp³-hybridized carbons (Fsp3) is 0.130. The zero-order chi connectivity index (χ0) is 19.8. The van der Waals surface area contributed by atoms with Crippen LogP contribution < -0.4 is 5.32 Å². The summed E-state index contributed by atoms with van der Waals surface area (Å²) in [5.41, 5.74) is 2.25. The van der Waals surface area contributed by atoms with Crippen LogP contribution in [0.25, 0.3) is 0 Å². The SMILES string of the molecule is O=C(COC(=O)c1cccc(O)c1)NC(Cc1ccccc1)c1ccccc1. The van der Waals surface area contributed by atoms with E-state index in [4.69, 9.17) is 4.74 Å². The Kier molecular flexibility index (Phi) is 6.41. The lowest BCUT2D eigenvalue weighted by Gasteiger charge is -2.19. The molecule has 5 heteroatoms. The molecule has 28 heavy (non-hydrogen) atoms. The minimum absolute atomic E-state index is 0.0362. The fourth-order valence-electron chi connectivity index (χ4n) is 2.87. The van der Waals surface area contributed by atoms with E-state index >= 15 is 0 Å². The summed E-state index contributed by atoms with van der Waals surface area (Å²) in [6.07, 6.45) is 0.622. The maximum Gasteiger partial charge on any atom is 0.338 e. The molecule has 0 aliphatic heterocycles. The maximum atomic E-state index is 12.4. The lowest BCUT2D eigenvalue weighted by Crippen LogP contribution is -2.33. The highest BCUT2D eigenvalue weighted by Crippen LogP contribution is 2.18. The van der Waals surface area contributed by atoms with Crippen molar-refractivity contribution in [2.75, 3.05) is 6.61 Å². The molecule has 0 saturated carbocycles. The second-order valence-corrected chi connectivity index (χ2v) is 6.35. The average Bonchev–Trinajstić information content (AvgIpc) is 2.73. The number of ether oxygens (including phenoxy) is 1. The Morgan fingerprint density at radius 3 is 2.25 bits per heavy atom. The molecule has 0 saturated heterocycles. The van der Waals surface area contributed by atoms with Gasteiger partial charge in [0, 0.05) is 0 Å². The number of phenolic OH excluding ortho intramolecular Hbond substituents is 1. The number of esters is 1. The molecular formula is C23H21NO4. The summed E-state index contributed by atoms with van der Waals surface area (Å²) >= 11 is 0. The first-order valence-electron chi connectivity index (χ1n) is 8.96. The number of carbonyl (C=O) groups excluding carboxylic acids is 2. The number of phenols is 1. The van der Waals surface area contributed by atoms with Crippen molar-refractivity contribution in [3.8, 4) is 5.75 Å². The highest BCUT2D eigenvalue weighted by molar-refractivity contribution is 5.91. The highest BCUT2D eigenvalue weighted by Gasteiger charge is 2.17. The molecule has 3 rings (SSSR count). The number of benzene rings is 3. The third-order valence-electron chi connectivity index (χ3n) is 4.24. The molecule has 0 bridgehead atoms. The van der Waals surface area contributed by atoms with Crippen molar-refractivity contribution in [1.29, 1.82) is 0 Å². The van der Waals surface area contributed by atoms with Crippen LogP contribution in [0.2, 0.25) is 0 Å². The van der Waals surface area contributed by atoms with Crippen LogP contribution in [-0.4, -0.2) is 23.6 Å². The molecule has 1 atom stereocenters. The molecule has 3 aromatic carbocycles. The zero-order valence-corrected chi connectivity index (χ0v) is 15.2. The van der Waals surface area contributed by atoms with Crippen molar-refractivity contribution < 1.29 is 19.4 Å². The Hall–Kier alpha value is -3.60. The number of carbonyl (C=O) groups is 2. The zero-order valence-electron chi connectivity index (χ0n) is 15.2. The predicted molar refractivity (Wildman–Crippen MR) is 106 cm³/mol. The van der Waals surface area contributed by atoms with Gasteiger partial charge in [0.05, 0.1) is 11.6 Å². The molecule has 0 radical (unpaired) electrons. The van der Waals surface area contributed by atoms with Gasteiger partial charge in [-0.2, -0.15) is 0 Å². The molecule has 0 spiro atoms. The van der Waals surface area contributed by atoms with Crippen LogP contribution in [0.1, 0.15) is 27.5 Å². The normalized spacial score (nSPS) is 11.4. The number of rotatable bonds is 7. The fourth-order valence-corrected chi connectivity index (χ4v) is 2.87. The van der Waals surface area contributed by atoms with Gasteiger partial charge in [-0.15, -0.1) is 0 Å². The summed E-state index contributed by atoms with van der Waals surface area (Å²) in [6.45, 7) is -0.396. The first kappa shape index (κ1) is 19.2. The van der Waals surface area contributed by atoms with Gasteiger partial charge in [0.25, 0.3) is 5.91 Å². The van der Waals surface area contributed by atoms with Crippen LogP contribution in [-0.2, 0) is 16.0 Å². The minimum Gasteiger partial charge on any atom is -0.508 e. The largest absolute Gasteiger partial charge is 0.508 e. The van der Waals surface area contributed by atoms with Crippen molar-refractivity contribution in [2.45, 2.75) is 12.5 Å². The monoisotopic (exact) mass is 375 g/mol. The van der Waals surface area contributed by atoms with E-state index in [2.05, 4.69) is 5.32 Å². The third kappa shape index (κ3) is 5.45. The van der Waals surface area contributed by atoms with Crippen molar-refractivity contribution >= 4 is 11.9 Å². The molecule has 5 nitrogen and oxygen atoms in total. The van der Waals surface area contributed by atoms with E-state index in [0.717, 1.165) is 11.1 Å². The predicted octanol–water partition coefficient (Wildman–Crippen LogP) is 3.65. The summed E-state index contributed by atoms with van der Waals surface area (Å²) in [7, 11) is 0. The third-order valence-corrected chi connectivity index (χ3v) is 4.24. The number of hydrogen-bond acceptors (Lipinski definition) is 4. The Labute approximate surface area is 163 Å². The number of amides is 1. The number of hydrogen-bond donors (Lipinski definition) is 2. The van der Waals surface area contributed by atoms with Crippen LogP contribution in [0.5, 0.6) is 5.75 Å². The van der Waals surface area contributed by atoms with Gasteiger partial charge in [-0.3, -0.25) is 4.79 Å². The van der Waals surface area contributed by atoms with Gasteiger partial charge in [0.1, 0.15) is 5.75 Å². The van der Waals surface area contributed by atoms with Crippen LogP contribution in [0.3, 0.4) is 0 Å². The molecule has 3 aromatic rings. The lowest BCUT2D eigenvalue weighted by atomic mass is 9.99. The summed E-state index contributed by atoms with van der Waals surface area (Å²) in [5.74, 6) is -1.09. The summed E-state index contributed by atoms with van der Waals surface area (Å²) in [6, 6.07) is 25.1. The van der Waals surface area contributed by atoms with Gasteiger partial charge in [-0.25, -0.2) is 4.79 Å². The molecule has 0 aliphatic carbocycles. The van der Waals surface area contributed by atoms with Crippen LogP contribution >= 0.6 is 0 Å². The van der Waals surface area contributed by atoms with Crippen molar-refractivity contribution in [1.82, 2.24) is 5.32 Å². The average molecular weight is 375 g/mol. The topological polar surface area (TPSA) is 75.6 Å². The minimum atomic E-state index is -0.662. The van der Waals surface area contributed by atoms with Gasteiger partial charge in [-0.1, -0.05) is 66.7 Å². The van der Waals surface area contributed by atoms with Gasteiger partial charge in [0.15, 0.2) is 6.61 Å². The molecule has 142 valence electrons. The van der Waals surface area contributed by atoms with Crippen molar-refractivity contribution in [3.63, 3.8) is 0 Å². The van der Waals surface area contributed by atoms with Gasteiger partial charge in [0.2, 0.25) is 0 Å². The first-order valence-corrected chi connectivity index (χ1v) is 8.96. The summed E-state index contributed by atoms with van der Waals surface area (Å²) in [4.78, 5) is 24.4. The molecule has 0 fully saturated rings. The highest BCUT2D eigenvalue weighted by atomic mass is 16.5. The Morgan fingerprint density at radius 2 is 1.57 bits per heavy atom. The Balaban J connectivity index is 1.63. The van der Waals surface area contributed by atoms with Crippen LogP contribution in [0, 0.1) is 0 Å². The van der Waals surface area contributed by atoms with Gasteiger partial charge < -0.3 is 15.2 Å². The van der Waals surface area contributed by atoms with Crippen LogP contribution in [0.4, 0.5) is 0 Å². The van der Waals surface area contributed by atoms with E-state index in [-0.39, 0.29) is 17.4 Å². The van der Waals surface area contributed by atoms with E-state index in [9.17, 15) is 14.7 Å². The lowest BCUT2D eigenvalue weighted by molar-refractivity contribution is -0.125. The molecule has 1 amide bonds. The quantitative estimate of drug-likeness (QED) is 0.618. The Bertz CT molecular complexity index is 926. The van der Waals surface area contributed by atoms with E-state index < -0.39 is 18.5 Å². The molecule has 0 heterocycles. The molecular weight excluding hydrogens is 354 g/mol. The van der Waals surface area contributed by atoms with Gasteiger partial charge in [-0.05, 0) is 35.7 Å². The molecule has 2 N–H and O–H groups in total. The second kappa shape index (κ2) is 9.37. The second-order valence-electron chi connectivity index (χ2n) is 6.35. The summed E-state index contributed by atoms with van der Waals surface area (Å²) < 4.78 is 5.07. The summed E-state index contributed by atoms with van der Waals surface area (Å²) in [5, 5.41) is 12.4. The molecule has 0 aromatic heterocycles. The Morgan fingerprint density at radius 1 is 0.893 bits per heavy atom. The molecule has 0 aliphatic rings. The van der Waals surface area contributed by atoms with Gasteiger partial charge >= 0.3 is 5.97 Å². The molecule has 1 unspecified atom stereocenters. The standard InChI is InChI=1S/C23H21NO4/c25-20-13-7-12-19(15-20)23(27)28-16-22(26)24-21(18-10-5-2-6-11-18)14-17-8-3-1-4-9-17/h1-13,15,21,25H,14,16H2,(H,24,26). The van der Waals surface area contributed by atoms with Crippen molar-refractivity contribution in [3.05, 3.63) is 102 Å². The van der Waals surface area contributed by atoms with Crippen molar-refractivity contribution in [2.24, 2.45) is 0 Å². The van der Waals surface area contributed by atoms with Crippen LogP contribution in [0.15, 0.2) is 84.9 Å². The maximum absolute atomic E-state index is 12.4. The number of aromatic hydroxyl groups is 1. The smallest absolute Gasteiger partial charge is 0.338 e.